The summed E-state index contributed by atoms with van der Waals surface area (Å²) in [5.74, 6) is 0. The third kappa shape index (κ3) is 10.3. The van der Waals surface area contributed by atoms with Gasteiger partial charge < -0.3 is 0 Å². The summed E-state index contributed by atoms with van der Waals surface area (Å²) in [6.45, 7) is 12.0. The normalized spacial score (nSPS) is 12.0. The van der Waals surface area contributed by atoms with E-state index in [4.69, 9.17) is 0 Å². The van der Waals surface area contributed by atoms with Crippen LogP contribution >= 0.6 is 15.8 Å². The van der Waals surface area contributed by atoms with Gasteiger partial charge in [-0.15, -0.1) is 0 Å². The highest BCUT2D eigenvalue weighted by Gasteiger charge is 2.25. The maximum Gasteiger partial charge on any atom is -0.000845 e. The Morgan fingerprint density at radius 1 is 0.524 bits per heavy atom. The Bertz CT molecular complexity index is 170. The highest BCUT2D eigenvalue weighted by atomic mass is 31.2. The average Bonchev–Trinajstić information content (AvgIpc) is 2.51. The lowest BCUT2D eigenvalue weighted by atomic mass is 10.4. The van der Waals surface area contributed by atoms with Crippen molar-refractivity contribution >= 4 is 15.8 Å². The molecule has 0 saturated carbocycles. The van der Waals surface area contributed by atoms with Gasteiger partial charge in [0.05, 0.1) is 0 Å². The van der Waals surface area contributed by atoms with Gasteiger partial charge in [-0.3, -0.25) is 0 Å². The van der Waals surface area contributed by atoms with Crippen LogP contribution in [-0.2, 0) is 0 Å². The summed E-state index contributed by atoms with van der Waals surface area (Å²) in [5, 5.41) is 1.13. The van der Waals surface area contributed by atoms with Crippen LogP contribution in [0.3, 0.4) is 0 Å². The zero-order valence-corrected chi connectivity index (χ0v) is 17.5. The Kier molecular flexibility index (Phi) is 16.4. The highest BCUT2D eigenvalue weighted by molar-refractivity contribution is 7.75. The minimum atomic E-state index is 0.320. The molecule has 0 amide bonds. The number of unbranched alkanes of at least 4 members (excludes halogenated alkanes) is 4. The second-order valence-corrected chi connectivity index (χ2v) is 12.2. The van der Waals surface area contributed by atoms with Crippen molar-refractivity contribution in [1.29, 1.82) is 0 Å². The molecule has 0 radical (unpaired) electrons. The standard InChI is InChI=1S/C19H42P2/c1-6-11-15-20(16-12-7-2)19(10-5)21(17-13-8-3)18-14-9-4/h19H,6-18H2,1-5H3. The molecule has 0 bridgehead atoms. The van der Waals surface area contributed by atoms with Gasteiger partial charge in [0.1, 0.15) is 0 Å². The molecule has 0 aliphatic carbocycles. The molecule has 0 fully saturated rings. The molecule has 0 heterocycles. The summed E-state index contributed by atoms with van der Waals surface area (Å²) in [6, 6.07) is 0. The van der Waals surface area contributed by atoms with Crippen LogP contribution in [0, 0.1) is 0 Å². The molecule has 2 heteroatoms. The molecule has 0 N–H and O–H groups in total. The summed E-state index contributed by atoms with van der Waals surface area (Å²) in [7, 11) is 0.641. The average molecular weight is 332 g/mol. The summed E-state index contributed by atoms with van der Waals surface area (Å²) < 4.78 is 0. The summed E-state index contributed by atoms with van der Waals surface area (Å²) in [4.78, 5) is 0. The fourth-order valence-electron chi connectivity index (χ4n) is 3.01. The van der Waals surface area contributed by atoms with Crippen molar-refractivity contribution < 1.29 is 0 Å². The maximum absolute atomic E-state index is 2.49. The summed E-state index contributed by atoms with van der Waals surface area (Å²) >= 11 is 0. The second kappa shape index (κ2) is 15.7. The zero-order valence-electron chi connectivity index (χ0n) is 15.7. The van der Waals surface area contributed by atoms with Crippen LogP contribution in [0.2, 0.25) is 0 Å². The molecule has 0 aromatic rings. The predicted octanol–water partition coefficient (Wildman–Crippen LogP) is 7.89. The van der Waals surface area contributed by atoms with E-state index < -0.39 is 0 Å². The van der Waals surface area contributed by atoms with Gasteiger partial charge in [-0.05, 0) is 62.2 Å². The van der Waals surface area contributed by atoms with E-state index in [1.807, 2.05) is 0 Å². The van der Waals surface area contributed by atoms with Crippen molar-refractivity contribution in [3.8, 4) is 0 Å². The molecular weight excluding hydrogens is 290 g/mol. The van der Waals surface area contributed by atoms with E-state index in [0.29, 0.717) is 15.8 Å². The molecule has 0 unspecified atom stereocenters. The van der Waals surface area contributed by atoms with E-state index in [9.17, 15) is 0 Å². The van der Waals surface area contributed by atoms with Crippen molar-refractivity contribution in [2.24, 2.45) is 0 Å². The zero-order chi connectivity index (χ0) is 15.9. The minimum absolute atomic E-state index is 0.320. The number of hydrogen-bond donors (Lipinski definition) is 0. The molecule has 21 heavy (non-hydrogen) atoms. The van der Waals surface area contributed by atoms with Crippen molar-refractivity contribution in [3.05, 3.63) is 0 Å². The Morgan fingerprint density at radius 2 is 0.810 bits per heavy atom. The third-order valence-electron chi connectivity index (χ3n) is 4.40. The summed E-state index contributed by atoms with van der Waals surface area (Å²) in [5.41, 5.74) is 0. The van der Waals surface area contributed by atoms with Gasteiger partial charge in [0.25, 0.3) is 0 Å². The monoisotopic (exact) mass is 332 g/mol. The van der Waals surface area contributed by atoms with Crippen molar-refractivity contribution in [3.63, 3.8) is 0 Å². The molecular formula is C19H42P2. The van der Waals surface area contributed by atoms with Gasteiger partial charge in [-0.25, -0.2) is 0 Å². The topological polar surface area (TPSA) is 0 Å². The largest absolute Gasteiger partial charge is 0.0991 e. The molecule has 0 atom stereocenters. The molecule has 0 aliphatic heterocycles. The van der Waals surface area contributed by atoms with E-state index in [0.717, 1.165) is 5.40 Å². The SMILES string of the molecule is CCCCP(CCCC)C(CC)P(CCCC)CCCC. The van der Waals surface area contributed by atoms with Crippen LogP contribution < -0.4 is 0 Å². The van der Waals surface area contributed by atoms with Crippen LogP contribution in [0.1, 0.15) is 92.4 Å². The van der Waals surface area contributed by atoms with Crippen molar-refractivity contribution in [1.82, 2.24) is 0 Å². The molecule has 0 rings (SSSR count). The fraction of sp³-hybridized carbons (Fsp3) is 1.00. The molecule has 0 aromatic carbocycles. The first-order valence-electron chi connectivity index (χ1n) is 9.73. The van der Waals surface area contributed by atoms with E-state index in [-0.39, 0.29) is 0 Å². The van der Waals surface area contributed by atoms with Crippen molar-refractivity contribution in [2.75, 3.05) is 24.6 Å². The Balaban J connectivity index is 4.73. The van der Waals surface area contributed by atoms with Crippen LogP contribution in [0.4, 0.5) is 0 Å². The molecule has 0 aromatic heterocycles. The van der Waals surface area contributed by atoms with E-state index in [2.05, 4.69) is 34.6 Å². The van der Waals surface area contributed by atoms with Crippen LogP contribution in [0.15, 0.2) is 0 Å². The maximum atomic E-state index is 2.49. The molecule has 0 spiro atoms. The van der Waals surface area contributed by atoms with Crippen molar-refractivity contribution in [2.45, 2.75) is 97.8 Å². The van der Waals surface area contributed by atoms with Gasteiger partial charge in [0, 0.05) is 0 Å². The fourth-order valence-corrected chi connectivity index (χ4v) is 11.8. The second-order valence-electron chi connectivity index (χ2n) is 6.38. The van der Waals surface area contributed by atoms with Crippen LogP contribution in [0.5, 0.6) is 0 Å². The lowest BCUT2D eigenvalue weighted by Crippen LogP contribution is -2.11. The molecule has 128 valence electrons. The molecule has 0 nitrogen and oxygen atoms in total. The number of hydrogen-bond acceptors (Lipinski definition) is 0. The van der Waals surface area contributed by atoms with Gasteiger partial charge in [-0.1, -0.05) is 76.1 Å². The smallest absolute Gasteiger partial charge is 0.000845 e. The Hall–Kier alpha value is 0.860. The van der Waals surface area contributed by atoms with Gasteiger partial charge >= 0.3 is 0 Å². The Morgan fingerprint density at radius 3 is 1.00 bits per heavy atom. The van der Waals surface area contributed by atoms with E-state index >= 15 is 0 Å². The highest BCUT2D eigenvalue weighted by Crippen LogP contribution is 2.61. The molecule has 0 saturated heterocycles. The minimum Gasteiger partial charge on any atom is -0.0991 e. The first kappa shape index (κ1) is 21.9. The summed E-state index contributed by atoms with van der Waals surface area (Å²) in [6.07, 6.45) is 19.3. The first-order chi connectivity index (χ1) is 10.2. The van der Waals surface area contributed by atoms with Gasteiger partial charge in [0.2, 0.25) is 0 Å². The molecule has 0 aliphatic rings. The lowest BCUT2D eigenvalue weighted by Gasteiger charge is -2.35. The van der Waals surface area contributed by atoms with Crippen LogP contribution in [0.25, 0.3) is 0 Å². The number of rotatable bonds is 15. The lowest BCUT2D eigenvalue weighted by molar-refractivity contribution is 0.845. The van der Waals surface area contributed by atoms with Gasteiger partial charge in [0.15, 0.2) is 0 Å². The van der Waals surface area contributed by atoms with Crippen LogP contribution in [-0.4, -0.2) is 30.0 Å². The first-order valence-corrected chi connectivity index (χ1v) is 13.3. The third-order valence-corrected chi connectivity index (χ3v) is 12.3. The Labute approximate surface area is 138 Å². The predicted molar refractivity (Wildman–Crippen MR) is 107 cm³/mol. The quantitative estimate of drug-likeness (QED) is 0.267. The van der Waals surface area contributed by atoms with E-state index in [1.54, 1.807) is 24.6 Å². The van der Waals surface area contributed by atoms with Gasteiger partial charge in [-0.2, -0.15) is 0 Å². The van der Waals surface area contributed by atoms with E-state index in [1.165, 1.54) is 57.8 Å².